The van der Waals surface area contributed by atoms with Crippen molar-refractivity contribution in [3.63, 3.8) is 0 Å². The minimum absolute atomic E-state index is 0.424. The maximum Gasteiger partial charge on any atom is 0.286 e. The highest BCUT2D eigenvalue weighted by molar-refractivity contribution is 7.90. The van der Waals surface area contributed by atoms with Gasteiger partial charge in [0.15, 0.2) is 0 Å². The molecule has 0 fully saturated rings. The smallest absolute Gasteiger partial charge is 0.286 e. The van der Waals surface area contributed by atoms with E-state index in [1.54, 1.807) is 26.2 Å². The van der Waals surface area contributed by atoms with E-state index in [4.69, 9.17) is 0 Å². The SMILES string of the molecule is Cc1cccc(CNc2ccc(C(=O)N=S(C)(=O)N(C)C)cc2)c1. The molecule has 24 heavy (non-hydrogen) atoms. The maximum absolute atomic E-state index is 12.1. The fourth-order valence-electron chi connectivity index (χ4n) is 2.05. The van der Waals surface area contributed by atoms with Crippen LogP contribution in [0.2, 0.25) is 0 Å². The van der Waals surface area contributed by atoms with Gasteiger partial charge in [0.05, 0.1) is 0 Å². The summed E-state index contributed by atoms with van der Waals surface area (Å²) in [6.45, 7) is 2.77. The summed E-state index contributed by atoms with van der Waals surface area (Å²) in [5, 5.41) is 3.31. The molecule has 6 heteroatoms. The summed E-state index contributed by atoms with van der Waals surface area (Å²) >= 11 is 0. The molecule has 1 unspecified atom stereocenters. The third-order valence-corrected chi connectivity index (χ3v) is 5.50. The Morgan fingerprint density at radius 2 is 1.83 bits per heavy atom. The van der Waals surface area contributed by atoms with Crippen LogP contribution in [-0.2, 0) is 16.5 Å². The normalized spacial score (nSPS) is 13.4. The molecule has 0 aliphatic carbocycles. The first-order chi connectivity index (χ1) is 11.3. The number of amides is 1. The molecule has 0 saturated heterocycles. The van der Waals surface area contributed by atoms with Crippen molar-refractivity contribution in [1.82, 2.24) is 4.31 Å². The summed E-state index contributed by atoms with van der Waals surface area (Å²) in [6.07, 6.45) is 1.45. The van der Waals surface area contributed by atoms with E-state index >= 15 is 0 Å². The van der Waals surface area contributed by atoms with Gasteiger partial charge in [-0.05, 0) is 36.8 Å². The molecule has 0 aromatic heterocycles. The Bertz CT molecular complexity index is 836. The number of nitrogens with one attached hydrogen (secondary N) is 1. The Morgan fingerprint density at radius 3 is 2.42 bits per heavy atom. The Hall–Kier alpha value is -2.18. The predicted octanol–water partition coefficient (Wildman–Crippen LogP) is 3.32. The van der Waals surface area contributed by atoms with Gasteiger partial charge in [0, 0.05) is 38.1 Å². The molecule has 0 spiro atoms. The zero-order chi connectivity index (χ0) is 17.7. The van der Waals surface area contributed by atoms with Crippen LogP contribution in [-0.4, -0.2) is 34.8 Å². The van der Waals surface area contributed by atoms with Gasteiger partial charge in [-0.2, -0.15) is 0 Å². The molecule has 1 atom stereocenters. The van der Waals surface area contributed by atoms with Crippen LogP contribution in [0.3, 0.4) is 0 Å². The second kappa shape index (κ2) is 7.59. The van der Waals surface area contributed by atoms with Gasteiger partial charge < -0.3 is 5.32 Å². The van der Waals surface area contributed by atoms with Gasteiger partial charge in [-0.15, -0.1) is 4.36 Å². The van der Waals surface area contributed by atoms with Crippen LogP contribution in [0.4, 0.5) is 5.69 Å². The molecular formula is C18H23N3O2S. The molecule has 128 valence electrons. The lowest BCUT2D eigenvalue weighted by Gasteiger charge is -2.11. The third kappa shape index (κ3) is 4.91. The lowest BCUT2D eigenvalue weighted by Crippen LogP contribution is -2.21. The summed E-state index contributed by atoms with van der Waals surface area (Å²) in [5.41, 5.74) is 3.76. The molecule has 0 bridgehead atoms. The standard InChI is InChI=1S/C18H23N3O2S/c1-14-6-5-7-15(12-14)13-19-17-10-8-16(9-11-17)18(22)20-24(4,23)21(2)3/h5-12,19H,13H2,1-4H3. The van der Waals surface area contributed by atoms with Crippen molar-refractivity contribution in [2.24, 2.45) is 4.36 Å². The molecule has 0 radical (unpaired) electrons. The average Bonchev–Trinajstić information content (AvgIpc) is 2.53. The topological polar surface area (TPSA) is 61.8 Å². The molecule has 1 amide bonds. The van der Waals surface area contributed by atoms with E-state index in [2.05, 4.69) is 34.8 Å². The highest BCUT2D eigenvalue weighted by atomic mass is 32.2. The minimum atomic E-state index is -2.66. The molecule has 5 nitrogen and oxygen atoms in total. The summed E-state index contributed by atoms with van der Waals surface area (Å²) in [5.74, 6) is -0.471. The van der Waals surface area contributed by atoms with Gasteiger partial charge in [-0.25, -0.2) is 8.51 Å². The highest BCUT2D eigenvalue weighted by Crippen LogP contribution is 2.13. The van der Waals surface area contributed by atoms with Gasteiger partial charge in [-0.1, -0.05) is 29.8 Å². The van der Waals surface area contributed by atoms with E-state index in [1.807, 2.05) is 18.2 Å². The average molecular weight is 345 g/mol. The molecule has 2 rings (SSSR count). The number of hydrogen-bond acceptors (Lipinski definition) is 3. The molecule has 0 aliphatic rings. The number of carbonyl (C=O) groups is 1. The first kappa shape index (κ1) is 18.2. The fourth-order valence-corrected chi connectivity index (χ4v) is 2.62. The van der Waals surface area contributed by atoms with Crippen molar-refractivity contribution in [2.45, 2.75) is 13.5 Å². The summed E-state index contributed by atoms with van der Waals surface area (Å²) in [4.78, 5) is 12.1. The van der Waals surface area contributed by atoms with Gasteiger partial charge >= 0.3 is 0 Å². The monoisotopic (exact) mass is 345 g/mol. The number of carbonyl (C=O) groups excluding carboxylic acids is 1. The summed E-state index contributed by atoms with van der Waals surface area (Å²) < 4.78 is 17.4. The second-order valence-electron chi connectivity index (χ2n) is 5.89. The summed E-state index contributed by atoms with van der Waals surface area (Å²) in [7, 11) is 0.610. The zero-order valence-corrected chi connectivity index (χ0v) is 15.3. The van der Waals surface area contributed by atoms with Gasteiger partial charge in [0.1, 0.15) is 9.92 Å². The predicted molar refractivity (Wildman–Crippen MR) is 99.5 cm³/mol. The van der Waals surface area contributed by atoms with E-state index in [1.165, 1.54) is 21.7 Å². The van der Waals surface area contributed by atoms with Gasteiger partial charge in [0.25, 0.3) is 5.91 Å². The number of aryl methyl sites for hydroxylation is 1. The zero-order valence-electron chi connectivity index (χ0n) is 14.4. The largest absolute Gasteiger partial charge is 0.381 e. The van der Waals surface area contributed by atoms with Crippen LogP contribution in [0.15, 0.2) is 52.9 Å². The Labute approximate surface area is 144 Å². The number of rotatable bonds is 5. The number of hydrogen-bond donors (Lipinski definition) is 1. The van der Waals surface area contributed by atoms with Crippen molar-refractivity contribution in [1.29, 1.82) is 0 Å². The molecule has 2 aromatic carbocycles. The van der Waals surface area contributed by atoms with Crippen molar-refractivity contribution in [3.05, 3.63) is 65.2 Å². The second-order valence-corrected chi connectivity index (χ2v) is 8.33. The lowest BCUT2D eigenvalue weighted by molar-refractivity contribution is 0.100. The Balaban J connectivity index is 2.05. The van der Waals surface area contributed by atoms with Crippen molar-refractivity contribution < 1.29 is 9.00 Å². The molecule has 0 saturated carbocycles. The van der Waals surface area contributed by atoms with E-state index < -0.39 is 15.8 Å². The van der Waals surface area contributed by atoms with E-state index in [-0.39, 0.29) is 0 Å². The fraction of sp³-hybridized carbons (Fsp3) is 0.278. The van der Waals surface area contributed by atoms with Crippen LogP contribution in [0.25, 0.3) is 0 Å². The number of benzene rings is 2. The summed E-state index contributed by atoms with van der Waals surface area (Å²) in [6, 6.07) is 15.3. The van der Waals surface area contributed by atoms with Crippen LogP contribution in [0, 0.1) is 6.92 Å². The molecule has 2 aromatic rings. The van der Waals surface area contributed by atoms with Crippen LogP contribution < -0.4 is 5.32 Å². The molecule has 1 N–H and O–H groups in total. The van der Waals surface area contributed by atoms with Gasteiger partial charge in [-0.3, -0.25) is 4.79 Å². The molecule has 0 heterocycles. The molecular weight excluding hydrogens is 322 g/mol. The van der Waals surface area contributed by atoms with Crippen LogP contribution in [0.5, 0.6) is 0 Å². The highest BCUT2D eigenvalue weighted by Gasteiger charge is 2.10. The number of nitrogens with zero attached hydrogens (tertiary/aromatic N) is 2. The van der Waals surface area contributed by atoms with E-state index in [0.29, 0.717) is 12.1 Å². The van der Waals surface area contributed by atoms with Crippen molar-refractivity contribution in [3.8, 4) is 0 Å². The first-order valence-electron chi connectivity index (χ1n) is 7.61. The van der Waals surface area contributed by atoms with Crippen LogP contribution >= 0.6 is 0 Å². The Morgan fingerprint density at radius 1 is 1.17 bits per heavy atom. The van der Waals surface area contributed by atoms with Crippen molar-refractivity contribution >= 4 is 21.5 Å². The van der Waals surface area contributed by atoms with Crippen molar-refractivity contribution in [2.75, 3.05) is 25.7 Å². The molecule has 0 aliphatic heterocycles. The quantitative estimate of drug-likeness (QED) is 0.904. The Kier molecular flexibility index (Phi) is 5.75. The minimum Gasteiger partial charge on any atom is -0.381 e. The number of anilines is 1. The third-order valence-electron chi connectivity index (χ3n) is 3.64. The van der Waals surface area contributed by atoms with Gasteiger partial charge in [0.2, 0.25) is 0 Å². The van der Waals surface area contributed by atoms with Crippen LogP contribution in [0.1, 0.15) is 21.5 Å². The maximum atomic E-state index is 12.1. The van der Waals surface area contributed by atoms with E-state index in [0.717, 1.165) is 5.69 Å². The first-order valence-corrected chi connectivity index (χ1v) is 9.49. The van der Waals surface area contributed by atoms with E-state index in [9.17, 15) is 9.00 Å². The lowest BCUT2D eigenvalue weighted by atomic mass is 10.1.